The van der Waals surface area contributed by atoms with E-state index in [1.807, 2.05) is 20.8 Å². The predicted molar refractivity (Wildman–Crippen MR) is 60.2 cm³/mol. The van der Waals surface area contributed by atoms with E-state index in [0.29, 0.717) is 19.5 Å². The molecule has 1 amide bonds. The van der Waals surface area contributed by atoms with Crippen molar-refractivity contribution in [2.75, 3.05) is 20.1 Å². The maximum atomic E-state index is 13.4. The zero-order valence-corrected chi connectivity index (χ0v) is 10.4. The second kappa shape index (κ2) is 4.99. The second-order valence-electron chi connectivity index (χ2n) is 5.13. The third kappa shape index (κ3) is 3.63. The standard InChI is InChI=1S/C11H21FN2O2/c1-11(2,3)16-10(15)14-6-5-8(12)9(7-14)13-4/h8-9,13H,5-7H2,1-4H3. The normalized spacial score (nSPS) is 26.7. The van der Waals surface area contributed by atoms with Crippen molar-refractivity contribution in [3.05, 3.63) is 0 Å². The molecule has 0 saturated carbocycles. The summed E-state index contributed by atoms with van der Waals surface area (Å²) in [6.07, 6.45) is -0.881. The summed E-state index contributed by atoms with van der Waals surface area (Å²) in [5, 5.41) is 2.88. The van der Waals surface area contributed by atoms with Crippen LogP contribution in [0.5, 0.6) is 0 Å². The van der Waals surface area contributed by atoms with Gasteiger partial charge in [-0.25, -0.2) is 9.18 Å². The molecule has 0 aromatic carbocycles. The van der Waals surface area contributed by atoms with Crippen molar-refractivity contribution in [3.8, 4) is 0 Å². The van der Waals surface area contributed by atoms with Gasteiger partial charge in [0.25, 0.3) is 0 Å². The smallest absolute Gasteiger partial charge is 0.410 e. The molecular weight excluding hydrogens is 211 g/mol. The van der Waals surface area contributed by atoms with E-state index in [1.165, 1.54) is 0 Å². The molecule has 1 aliphatic heterocycles. The van der Waals surface area contributed by atoms with Crippen LogP contribution in [0.3, 0.4) is 0 Å². The zero-order chi connectivity index (χ0) is 12.3. The van der Waals surface area contributed by atoms with Crippen LogP contribution in [0.2, 0.25) is 0 Å². The van der Waals surface area contributed by atoms with Crippen molar-refractivity contribution < 1.29 is 13.9 Å². The van der Waals surface area contributed by atoms with Crippen molar-refractivity contribution in [2.24, 2.45) is 0 Å². The minimum atomic E-state index is -0.885. The number of amides is 1. The number of nitrogens with zero attached hydrogens (tertiary/aromatic N) is 1. The summed E-state index contributed by atoms with van der Waals surface area (Å²) in [7, 11) is 1.70. The highest BCUT2D eigenvalue weighted by molar-refractivity contribution is 5.68. The molecule has 0 bridgehead atoms. The molecule has 0 spiro atoms. The van der Waals surface area contributed by atoms with Gasteiger partial charge in [-0.2, -0.15) is 0 Å². The molecular formula is C11H21FN2O2. The number of carbonyl (C=O) groups is 1. The maximum Gasteiger partial charge on any atom is 0.410 e. The predicted octanol–water partition coefficient (Wildman–Crippen LogP) is 1.55. The van der Waals surface area contributed by atoms with Crippen LogP contribution in [-0.2, 0) is 4.74 Å². The Morgan fingerprint density at radius 1 is 1.50 bits per heavy atom. The first-order valence-electron chi connectivity index (χ1n) is 5.63. The average Bonchev–Trinajstić information content (AvgIpc) is 2.15. The van der Waals surface area contributed by atoms with E-state index < -0.39 is 11.8 Å². The fourth-order valence-electron chi connectivity index (χ4n) is 1.69. The van der Waals surface area contributed by atoms with Crippen molar-refractivity contribution in [1.29, 1.82) is 0 Å². The molecule has 1 N–H and O–H groups in total. The monoisotopic (exact) mass is 232 g/mol. The zero-order valence-electron chi connectivity index (χ0n) is 10.4. The number of hydrogen-bond acceptors (Lipinski definition) is 3. The summed E-state index contributed by atoms with van der Waals surface area (Å²) in [6, 6.07) is -0.290. The first-order chi connectivity index (χ1) is 7.33. The number of rotatable bonds is 1. The minimum absolute atomic E-state index is 0.290. The Morgan fingerprint density at radius 2 is 2.12 bits per heavy atom. The Balaban J connectivity index is 2.52. The van der Waals surface area contributed by atoms with Crippen LogP contribution in [-0.4, -0.2) is 48.9 Å². The van der Waals surface area contributed by atoms with Crippen LogP contribution in [0, 0.1) is 0 Å². The third-order valence-corrected chi connectivity index (χ3v) is 2.55. The molecule has 2 atom stereocenters. The lowest BCUT2D eigenvalue weighted by atomic mass is 10.0. The summed E-state index contributed by atoms with van der Waals surface area (Å²) in [6.45, 7) is 6.26. The van der Waals surface area contributed by atoms with E-state index in [4.69, 9.17) is 4.74 Å². The maximum absolute atomic E-state index is 13.4. The lowest BCUT2D eigenvalue weighted by Crippen LogP contribution is -2.53. The van der Waals surface area contributed by atoms with Crippen LogP contribution < -0.4 is 5.32 Å². The Hall–Kier alpha value is -0.840. The van der Waals surface area contributed by atoms with Gasteiger partial charge < -0.3 is 15.0 Å². The molecule has 1 rings (SSSR count). The number of ether oxygens (including phenoxy) is 1. The van der Waals surface area contributed by atoms with Crippen molar-refractivity contribution in [1.82, 2.24) is 10.2 Å². The Morgan fingerprint density at radius 3 is 2.62 bits per heavy atom. The Labute approximate surface area is 96.1 Å². The van der Waals surface area contributed by atoms with Crippen molar-refractivity contribution in [3.63, 3.8) is 0 Å². The van der Waals surface area contributed by atoms with Gasteiger partial charge in [-0.05, 0) is 34.2 Å². The molecule has 1 saturated heterocycles. The van der Waals surface area contributed by atoms with Gasteiger partial charge in [-0.15, -0.1) is 0 Å². The number of nitrogens with one attached hydrogen (secondary N) is 1. The van der Waals surface area contributed by atoms with E-state index in [-0.39, 0.29) is 12.1 Å². The van der Waals surface area contributed by atoms with Crippen LogP contribution in [0.25, 0.3) is 0 Å². The highest BCUT2D eigenvalue weighted by Gasteiger charge is 2.32. The molecule has 1 aliphatic rings. The summed E-state index contributed by atoms with van der Waals surface area (Å²) < 4.78 is 18.6. The van der Waals surface area contributed by atoms with Crippen LogP contribution in [0.1, 0.15) is 27.2 Å². The number of halogens is 1. The molecule has 0 aromatic heterocycles. The van der Waals surface area contributed by atoms with E-state index in [9.17, 15) is 9.18 Å². The first kappa shape index (κ1) is 13.2. The second-order valence-corrected chi connectivity index (χ2v) is 5.13. The molecule has 4 nitrogen and oxygen atoms in total. The minimum Gasteiger partial charge on any atom is -0.444 e. The molecule has 94 valence electrons. The number of alkyl halides is 1. The fraction of sp³-hybridized carbons (Fsp3) is 0.909. The topological polar surface area (TPSA) is 41.6 Å². The summed E-state index contributed by atoms with van der Waals surface area (Å²) in [5.41, 5.74) is -0.501. The summed E-state index contributed by atoms with van der Waals surface area (Å²) in [5.74, 6) is 0. The van der Waals surface area contributed by atoms with Gasteiger partial charge in [-0.1, -0.05) is 0 Å². The summed E-state index contributed by atoms with van der Waals surface area (Å²) in [4.78, 5) is 13.3. The summed E-state index contributed by atoms with van der Waals surface area (Å²) >= 11 is 0. The van der Waals surface area contributed by atoms with Gasteiger partial charge in [0.1, 0.15) is 11.8 Å². The lowest BCUT2D eigenvalue weighted by Gasteiger charge is -2.35. The van der Waals surface area contributed by atoms with Gasteiger partial charge in [0, 0.05) is 13.1 Å². The van der Waals surface area contributed by atoms with Crippen molar-refractivity contribution in [2.45, 2.75) is 45.0 Å². The SMILES string of the molecule is CNC1CN(C(=O)OC(C)(C)C)CCC1F. The van der Waals surface area contributed by atoms with Crippen molar-refractivity contribution >= 4 is 6.09 Å². The average molecular weight is 232 g/mol. The van der Waals surface area contributed by atoms with E-state index >= 15 is 0 Å². The van der Waals surface area contributed by atoms with Crippen LogP contribution >= 0.6 is 0 Å². The van der Waals surface area contributed by atoms with Gasteiger partial charge in [0.15, 0.2) is 0 Å². The van der Waals surface area contributed by atoms with Crippen LogP contribution in [0.15, 0.2) is 0 Å². The fourth-order valence-corrected chi connectivity index (χ4v) is 1.69. The third-order valence-electron chi connectivity index (χ3n) is 2.55. The number of carbonyl (C=O) groups excluding carboxylic acids is 1. The molecule has 0 aromatic rings. The quantitative estimate of drug-likeness (QED) is 0.746. The number of piperidine rings is 1. The van der Waals surface area contributed by atoms with Gasteiger partial charge >= 0.3 is 6.09 Å². The molecule has 0 aliphatic carbocycles. The molecule has 1 heterocycles. The largest absolute Gasteiger partial charge is 0.444 e. The Bertz CT molecular complexity index is 253. The number of likely N-dealkylation sites (tertiary alicyclic amines) is 1. The van der Waals surface area contributed by atoms with Gasteiger partial charge in [0.05, 0.1) is 6.04 Å². The molecule has 1 fully saturated rings. The first-order valence-corrected chi connectivity index (χ1v) is 5.63. The van der Waals surface area contributed by atoms with Gasteiger partial charge in [0.2, 0.25) is 0 Å². The van der Waals surface area contributed by atoms with E-state index in [1.54, 1.807) is 11.9 Å². The number of hydrogen-bond donors (Lipinski definition) is 1. The molecule has 16 heavy (non-hydrogen) atoms. The highest BCUT2D eigenvalue weighted by atomic mass is 19.1. The van der Waals surface area contributed by atoms with Gasteiger partial charge in [-0.3, -0.25) is 0 Å². The lowest BCUT2D eigenvalue weighted by molar-refractivity contribution is 0.0119. The highest BCUT2D eigenvalue weighted by Crippen LogP contribution is 2.17. The Kier molecular flexibility index (Phi) is 4.13. The molecule has 0 radical (unpaired) electrons. The molecule has 2 unspecified atom stereocenters. The van der Waals surface area contributed by atoms with E-state index in [0.717, 1.165) is 0 Å². The van der Waals surface area contributed by atoms with Crippen LogP contribution in [0.4, 0.5) is 9.18 Å². The number of likely N-dealkylation sites (N-methyl/N-ethyl adjacent to an activating group) is 1. The van der Waals surface area contributed by atoms with E-state index in [2.05, 4.69) is 5.32 Å². The molecule has 5 heteroatoms.